The summed E-state index contributed by atoms with van der Waals surface area (Å²) in [6, 6.07) is 4.93. The Morgan fingerprint density at radius 3 is 2.95 bits per heavy atom. The quantitative estimate of drug-likeness (QED) is 0.795. The lowest BCUT2D eigenvalue weighted by atomic mass is 9.86. The van der Waals surface area contributed by atoms with Crippen LogP contribution >= 0.6 is 0 Å². The Morgan fingerprint density at radius 1 is 1.37 bits per heavy atom. The number of aryl methyl sites for hydroxylation is 2. The standard InChI is InChI=1S/C15H14N2O2/c1-17-9-10(8-16-17)6-12-3-2-11-7-13(18)4-5-14(11)15(12)19/h4-9,18H,2-3H2,1H3/b12-6-. The first-order valence-electron chi connectivity index (χ1n) is 6.19. The van der Waals surface area contributed by atoms with Crippen LogP contribution in [0, 0.1) is 0 Å². The summed E-state index contributed by atoms with van der Waals surface area (Å²) in [6.45, 7) is 0. The van der Waals surface area contributed by atoms with Gasteiger partial charge in [0.2, 0.25) is 0 Å². The SMILES string of the molecule is Cn1cc(/C=C2/CCc3cc(O)ccc3C2=O)cn1. The normalized spacial score (nSPS) is 16.7. The minimum absolute atomic E-state index is 0.0464. The number of Topliss-reactive ketones (excluding diaryl/α,β-unsaturated/α-hetero) is 1. The predicted molar refractivity (Wildman–Crippen MR) is 71.9 cm³/mol. The summed E-state index contributed by atoms with van der Waals surface area (Å²) < 4.78 is 1.71. The molecule has 1 aliphatic rings. The monoisotopic (exact) mass is 254 g/mol. The second kappa shape index (κ2) is 4.39. The summed E-state index contributed by atoms with van der Waals surface area (Å²) in [7, 11) is 1.85. The number of aromatic hydroxyl groups is 1. The molecule has 19 heavy (non-hydrogen) atoms. The fourth-order valence-electron chi connectivity index (χ4n) is 2.42. The molecule has 1 aromatic carbocycles. The van der Waals surface area contributed by atoms with Gasteiger partial charge < -0.3 is 5.11 Å². The fraction of sp³-hybridized carbons (Fsp3) is 0.200. The summed E-state index contributed by atoms with van der Waals surface area (Å²) >= 11 is 0. The maximum absolute atomic E-state index is 12.4. The molecule has 4 nitrogen and oxygen atoms in total. The summed E-state index contributed by atoms with van der Waals surface area (Å²) in [5.74, 6) is 0.261. The second-order valence-corrected chi connectivity index (χ2v) is 4.79. The lowest BCUT2D eigenvalue weighted by Gasteiger charge is -2.17. The number of carbonyl (C=O) groups is 1. The lowest BCUT2D eigenvalue weighted by molar-refractivity contribution is 0.102. The smallest absolute Gasteiger partial charge is 0.189 e. The van der Waals surface area contributed by atoms with Crippen molar-refractivity contribution in [3.63, 3.8) is 0 Å². The highest BCUT2D eigenvalue weighted by Crippen LogP contribution is 2.28. The van der Waals surface area contributed by atoms with E-state index in [-0.39, 0.29) is 11.5 Å². The van der Waals surface area contributed by atoms with E-state index in [0.717, 1.165) is 23.1 Å². The van der Waals surface area contributed by atoms with Gasteiger partial charge in [-0.1, -0.05) is 0 Å². The van der Waals surface area contributed by atoms with Gasteiger partial charge in [-0.3, -0.25) is 9.48 Å². The van der Waals surface area contributed by atoms with E-state index in [1.54, 1.807) is 29.1 Å². The van der Waals surface area contributed by atoms with Crippen LogP contribution in [0.2, 0.25) is 0 Å². The molecule has 2 aromatic rings. The minimum Gasteiger partial charge on any atom is -0.508 e. The molecule has 0 unspecified atom stereocenters. The summed E-state index contributed by atoms with van der Waals surface area (Å²) in [4.78, 5) is 12.4. The van der Waals surface area contributed by atoms with Gasteiger partial charge in [-0.05, 0) is 42.7 Å². The molecule has 4 heteroatoms. The predicted octanol–water partition coefficient (Wildman–Crippen LogP) is 2.34. The van der Waals surface area contributed by atoms with Gasteiger partial charge in [0.05, 0.1) is 6.20 Å². The third-order valence-electron chi connectivity index (χ3n) is 3.35. The van der Waals surface area contributed by atoms with Crippen LogP contribution in [0.4, 0.5) is 0 Å². The molecule has 1 heterocycles. The van der Waals surface area contributed by atoms with E-state index in [2.05, 4.69) is 5.10 Å². The van der Waals surface area contributed by atoms with Crippen molar-refractivity contribution < 1.29 is 9.90 Å². The van der Waals surface area contributed by atoms with Crippen LogP contribution in [0.5, 0.6) is 5.75 Å². The molecule has 0 spiro atoms. The van der Waals surface area contributed by atoms with Crippen LogP contribution in [0.25, 0.3) is 6.08 Å². The Balaban J connectivity index is 1.97. The topological polar surface area (TPSA) is 55.1 Å². The molecule has 0 saturated heterocycles. The van der Waals surface area contributed by atoms with Crippen LogP contribution in [-0.4, -0.2) is 20.7 Å². The van der Waals surface area contributed by atoms with Gasteiger partial charge in [-0.15, -0.1) is 0 Å². The van der Waals surface area contributed by atoms with E-state index in [1.165, 1.54) is 0 Å². The van der Waals surface area contributed by atoms with Crippen LogP contribution < -0.4 is 0 Å². The molecule has 1 aliphatic carbocycles. The highest BCUT2D eigenvalue weighted by Gasteiger charge is 2.22. The van der Waals surface area contributed by atoms with Crippen molar-refractivity contribution in [3.8, 4) is 5.75 Å². The van der Waals surface area contributed by atoms with Gasteiger partial charge in [0.1, 0.15) is 5.75 Å². The highest BCUT2D eigenvalue weighted by molar-refractivity contribution is 6.13. The average Bonchev–Trinajstić information content (AvgIpc) is 2.78. The first kappa shape index (κ1) is 11.7. The van der Waals surface area contributed by atoms with Crippen molar-refractivity contribution in [2.75, 3.05) is 0 Å². The van der Waals surface area contributed by atoms with Gasteiger partial charge in [-0.2, -0.15) is 5.10 Å². The zero-order valence-corrected chi connectivity index (χ0v) is 10.6. The van der Waals surface area contributed by atoms with Crippen molar-refractivity contribution in [3.05, 3.63) is 52.9 Å². The average molecular weight is 254 g/mol. The van der Waals surface area contributed by atoms with E-state index in [1.807, 2.05) is 19.3 Å². The van der Waals surface area contributed by atoms with E-state index in [0.29, 0.717) is 12.0 Å². The Bertz CT molecular complexity index is 683. The van der Waals surface area contributed by atoms with Gasteiger partial charge in [0.15, 0.2) is 5.78 Å². The summed E-state index contributed by atoms with van der Waals surface area (Å²) in [6.07, 6.45) is 7.00. The number of hydrogen-bond acceptors (Lipinski definition) is 3. The van der Waals surface area contributed by atoms with E-state index >= 15 is 0 Å². The Morgan fingerprint density at radius 2 is 2.21 bits per heavy atom. The molecule has 0 fully saturated rings. The summed E-state index contributed by atoms with van der Waals surface area (Å²) in [5, 5.41) is 13.5. The van der Waals surface area contributed by atoms with Crippen molar-refractivity contribution >= 4 is 11.9 Å². The third kappa shape index (κ3) is 2.17. The zero-order chi connectivity index (χ0) is 13.4. The number of fused-ring (bicyclic) bond motifs is 1. The van der Waals surface area contributed by atoms with Gasteiger partial charge in [-0.25, -0.2) is 0 Å². The van der Waals surface area contributed by atoms with Crippen molar-refractivity contribution in [2.45, 2.75) is 12.8 Å². The number of phenolic OH excluding ortho intramolecular Hbond substituents is 1. The van der Waals surface area contributed by atoms with E-state index in [9.17, 15) is 9.90 Å². The molecule has 0 atom stereocenters. The largest absolute Gasteiger partial charge is 0.508 e. The number of nitrogens with zero attached hydrogens (tertiary/aromatic N) is 2. The van der Waals surface area contributed by atoms with Gasteiger partial charge in [0, 0.05) is 29.9 Å². The molecule has 0 aliphatic heterocycles. The third-order valence-corrected chi connectivity index (χ3v) is 3.35. The van der Waals surface area contributed by atoms with Gasteiger partial charge in [0.25, 0.3) is 0 Å². The number of aromatic nitrogens is 2. The van der Waals surface area contributed by atoms with Gasteiger partial charge >= 0.3 is 0 Å². The molecular weight excluding hydrogens is 240 g/mol. The van der Waals surface area contributed by atoms with Crippen LogP contribution in [0.15, 0.2) is 36.2 Å². The molecule has 1 N–H and O–H groups in total. The van der Waals surface area contributed by atoms with Crippen molar-refractivity contribution in [2.24, 2.45) is 7.05 Å². The van der Waals surface area contributed by atoms with Crippen LogP contribution in [0.3, 0.4) is 0 Å². The minimum atomic E-state index is 0.0464. The number of hydrogen-bond donors (Lipinski definition) is 1. The maximum atomic E-state index is 12.4. The van der Waals surface area contributed by atoms with Crippen LogP contribution in [-0.2, 0) is 13.5 Å². The van der Waals surface area contributed by atoms with Crippen LogP contribution in [0.1, 0.15) is 27.9 Å². The number of benzene rings is 1. The zero-order valence-electron chi connectivity index (χ0n) is 10.6. The number of phenols is 1. The molecule has 3 rings (SSSR count). The van der Waals surface area contributed by atoms with Crippen molar-refractivity contribution in [1.29, 1.82) is 0 Å². The molecule has 1 aromatic heterocycles. The molecule has 0 bridgehead atoms. The molecule has 96 valence electrons. The maximum Gasteiger partial charge on any atom is 0.189 e. The molecule has 0 saturated carbocycles. The number of ketones is 1. The van der Waals surface area contributed by atoms with E-state index < -0.39 is 0 Å². The fourth-order valence-corrected chi connectivity index (χ4v) is 2.42. The first-order chi connectivity index (χ1) is 9.13. The van der Waals surface area contributed by atoms with Crippen molar-refractivity contribution in [1.82, 2.24) is 9.78 Å². The molecular formula is C15H14N2O2. The molecule has 0 amide bonds. The number of rotatable bonds is 1. The Labute approximate surface area is 111 Å². The highest BCUT2D eigenvalue weighted by atomic mass is 16.3. The Hall–Kier alpha value is -2.36. The molecule has 0 radical (unpaired) electrons. The first-order valence-corrected chi connectivity index (χ1v) is 6.19. The lowest BCUT2D eigenvalue weighted by Crippen LogP contribution is -2.13. The number of allylic oxidation sites excluding steroid dienone is 1. The second-order valence-electron chi connectivity index (χ2n) is 4.79. The summed E-state index contributed by atoms with van der Waals surface area (Å²) in [5.41, 5.74) is 3.35. The number of carbonyl (C=O) groups excluding carboxylic acids is 1. The Kier molecular flexibility index (Phi) is 2.71. The van der Waals surface area contributed by atoms with E-state index in [4.69, 9.17) is 0 Å².